The largest absolute Gasteiger partial charge is 0.298 e. The van der Waals surface area contributed by atoms with Gasteiger partial charge in [0.2, 0.25) is 0 Å². The van der Waals surface area contributed by atoms with Crippen molar-refractivity contribution in [2.45, 2.75) is 13.8 Å². The predicted octanol–water partition coefficient (Wildman–Crippen LogP) is 4.77. The predicted molar refractivity (Wildman–Crippen MR) is 90.6 cm³/mol. The lowest BCUT2D eigenvalue weighted by Gasteiger charge is -2.12. The number of carbonyl (C=O) groups is 2. The molecule has 0 radical (unpaired) electrons. The highest BCUT2D eigenvalue weighted by molar-refractivity contribution is 8.19. The Morgan fingerprint density at radius 1 is 1.00 bits per heavy atom. The topological polar surface area (TPSA) is 37.4 Å². The molecule has 0 spiro atoms. The van der Waals surface area contributed by atoms with Gasteiger partial charge in [-0.3, -0.25) is 9.59 Å². The van der Waals surface area contributed by atoms with Gasteiger partial charge in [-0.25, -0.2) is 9.29 Å². The summed E-state index contributed by atoms with van der Waals surface area (Å²) in [5.41, 5.74) is 3.00. The second-order valence-corrected chi connectivity index (χ2v) is 6.27. The van der Waals surface area contributed by atoms with Crippen LogP contribution in [0.4, 0.5) is 14.9 Å². The van der Waals surface area contributed by atoms with E-state index >= 15 is 0 Å². The molecular weight excluding hydrogens is 313 g/mol. The molecule has 2 aromatic carbocycles. The van der Waals surface area contributed by atoms with Gasteiger partial charge >= 0.3 is 0 Å². The van der Waals surface area contributed by atoms with Gasteiger partial charge in [0.05, 0.1) is 10.6 Å². The molecule has 0 aromatic heterocycles. The van der Waals surface area contributed by atoms with Gasteiger partial charge in [-0.15, -0.1) is 0 Å². The molecule has 0 saturated carbocycles. The SMILES string of the molecule is C/C(=C1/SC(=O)N(c2ccc(C)cc2)C1=O)c1ccc(F)cc1. The Bertz CT molecular complexity index is 810. The number of aryl methyl sites for hydroxylation is 1. The maximum absolute atomic E-state index is 13.0. The normalized spacial score (nSPS) is 16.9. The van der Waals surface area contributed by atoms with Crippen LogP contribution in [0, 0.1) is 12.7 Å². The Kier molecular flexibility index (Phi) is 4.05. The van der Waals surface area contributed by atoms with Crippen LogP contribution in [0.1, 0.15) is 18.1 Å². The number of hydrogen-bond donors (Lipinski definition) is 0. The molecule has 1 saturated heterocycles. The van der Waals surface area contributed by atoms with Crippen molar-refractivity contribution in [2.24, 2.45) is 0 Å². The Balaban J connectivity index is 1.98. The zero-order valence-electron chi connectivity index (χ0n) is 12.7. The lowest BCUT2D eigenvalue weighted by Crippen LogP contribution is -2.27. The number of rotatable bonds is 2. The van der Waals surface area contributed by atoms with Gasteiger partial charge < -0.3 is 0 Å². The van der Waals surface area contributed by atoms with Gasteiger partial charge in [-0.05, 0) is 61.0 Å². The molecule has 1 heterocycles. The van der Waals surface area contributed by atoms with E-state index in [0.29, 0.717) is 16.2 Å². The number of anilines is 1. The first-order chi connectivity index (χ1) is 11.0. The van der Waals surface area contributed by atoms with Crippen LogP contribution in [-0.4, -0.2) is 11.1 Å². The number of amides is 2. The highest BCUT2D eigenvalue weighted by atomic mass is 32.2. The van der Waals surface area contributed by atoms with E-state index < -0.39 is 0 Å². The van der Waals surface area contributed by atoms with Crippen molar-refractivity contribution in [1.29, 1.82) is 0 Å². The molecule has 0 N–H and O–H groups in total. The molecule has 1 aliphatic heterocycles. The lowest BCUT2D eigenvalue weighted by atomic mass is 10.1. The van der Waals surface area contributed by atoms with Crippen molar-refractivity contribution in [3.05, 3.63) is 70.4 Å². The van der Waals surface area contributed by atoms with E-state index in [9.17, 15) is 14.0 Å². The third-order valence-corrected chi connectivity index (χ3v) is 4.72. The summed E-state index contributed by atoms with van der Waals surface area (Å²) in [4.78, 5) is 26.4. The van der Waals surface area contributed by atoms with Crippen LogP contribution >= 0.6 is 11.8 Å². The second-order valence-electron chi connectivity index (χ2n) is 5.31. The molecular formula is C18H14FNO2S. The average molecular weight is 327 g/mol. The molecule has 116 valence electrons. The lowest BCUT2D eigenvalue weighted by molar-refractivity contribution is -0.113. The van der Waals surface area contributed by atoms with E-state index in [2.05, 4.69) is 0 Å². The van der Waals surface area contributed by atoms with Crippen LogP contribution in [0.15, 0.2) is 53.4 Å². The third kappa shape index (κ3) is 2.92. The summed E-state index contributed by atoms with van der Waals surface area (Å²) in [6.45, 7) is 3.70. The average Bonchev–Trinajstić information content (AvgIpc) is 2.83. The van der Waals surface area contributed by atoms with E-state index in [1.165, 1.54) is 17.0 Å². The summed E-state index contributed by atoms with van der Waals surface area (Å²) in [6, 6.07) is 13.1. The summed E-state index contributed by atoms with van der Waals surface area (Å²) in [5.74, 6) is -0.681. The van der Waals surface area contributed by atoms with Crippen molar-refractivity contribution in [3.63, 3.8) is 0 Å². The fourth-order valence-corrected chi connectivity index (χ4v) is 3.25. The van der Waals surface area contributed by atoms with Crippen LogP contribution in [0.5, 0.6) is 0 Å². The van der Waals surface area contributed by atoms with Crippen molar-refractivity contribution in [1.82, 2.24) is 0 Å². The number of halogens is 1. The van der Waals surface area contributed by atoms with Gasteiger partial charge in [-0.2, -0.15) is 0 Å². The van der Waals surface area contributed by atoms with Crippen molar-refractivity contribution < 1.29 is 14.0 Å². The zero-order valence-corrected chi connectivity index (χ0v) is 13.5. The number of nitrogens with zero attached hydrogens (tertiary/aromatic N) is 1. The first-order valence-electron chi connectivity index (χ1n) is 7.07. The molecule has 5 heteroatoms. The molecule has 0 unspecified atom stereocenters. The number of thioether (sulfide) groups is 1. The number of allylic oxidation sites excluding steroid dienone is 1. The van der Waals surface area contributed by atoms with Crippen LogP contribution in [-0.2, 0) is 4.79 Å². The minimum Gasteiger partial charge on any atom is -0.268 e. The molecule has 2 amide bonds. The highest BCUT2D eigenvalue weighted by Crippen LogP contribution is 2.38. The molecule has 1 aliphatic rings. The number of carbonyl (C=O) groups excluding carboxylic acids is 2. The van der Waals surface area contributed by atoms with Crippen LogP contribution in [0.25, 0.3) is 5.57 Å². The molecule has 0 aliphatic carbocycles. The van der Waals surface area contributed by atoms with Crippen LogP contribution in [0.3, 0.4) is 0 Å². The first-order valence-corrected chi connectivity index (χ1v) is 7.89. The van der Waals surface area contributed by atoms with Gasteiger partial charge in [0.1, 0.15) is 5.82 Å². The van der Waals surface area contributed by atoms with Crippen molar-refractivity contribution >= 4 is 34.2 Å². The van der Waals surface area contributed by atoms with E-state index in [1.807, 2.05) is 19.1 Å². The highest BCUT2D eigenvalue weighted by Gasteiger charge is 2.37. The minimum absolute atomic E-state index is 0.324. The maximum atomic E-state index is 13.0. The smallest absolute Gasteiger partial charge is 0.268 e. The van der Waals surface area contributed by atoms with Crippen molar-refractivity contribution in [2.75, 3.05) is 4.90 Å². The summed E-state index contributed by atoms with van der Waals surface area (Å²) >= 11 is 0.911. The number of benzene rings is 2. The standard InChI is InChI=1S/C18H14FNO2S/c1-11-3-9-15(10-4-11)20-17(21)16(23-18(20)22)12(2)13-5-7-14(19)8-6-13/h3-10H,1-2H3/b16-12-. The molecule has 3 rings (SSSR count). The zero-order chi connectivity index (χ0) is 16.6. The Labute approximate surface area is 137 Å². The molecule has 2 aromatic rings. The van der Waals surface area contributed by atoms with E-state index in [-0.39, 0.29) is 17.0 Å². The monoisotopic (exact) mass is 327 g/mol. The fraction of sp³-hybridized carbons (Fsp3) is 0.111. The van der Waals surface area contributed by atoms with Gasteiger partial charge in [0, 0.05) is 0 Å². The summed E-state index contributed by atoms with van der Waals surface area (Å²) in [5, 5.41) is -0.324. The maximum Gasteiger partial charge on any atom is 0.298 e. The van der Waals surface area contributed by atoms with Gasteiger partial charge in [0.25, 0.3) is 11.1 Å². The van der Waals surface area contributed by atoms with Crippen molar-refractivity contribution in [3.8, 4) is 0 Å². The van der Waals surface area contributed by atoms with E-state index in [4.69, 9.17) is 0 Å². The molecule has 23 heavy (non-hydrogen) atoms. The molecule has 0 atom stereocenters. The Morgan fingerprint density at radius 3 is 2.22 bits per heavy atom. The molecule has 1 fully saturated rings. The Hall–Kier alpha value is -2.40. The third-order valence-electron chi connectivity index (χ3n) is 3.68. The quantitative estimate of drug-likeness (QED) is 0.746. The fourth-order valence-electron chi connectivity index (χ4n) is 2.35. The minimum atomic E-state index is -0.342. The first kappa shape index (κ1) is 15.5. The van der Waals surface area contributed by atoms with Crippen LogP contribution < -0.4 is 4.90 Å². The van der Waals surface area contributed by atoms with Gasteiger partial charge in [0.15, 0.2) is 0 Å². The summed E-state index contributed by atoms with van der Waals surface area (Å²) in [6.07, 6.45) is 0. The number of hydrogen-bond acceptors (Lipinski definition) is 3. The Morgan fingerprint density at radius 2 is 1.61 bits per heavy atom. The molecule has 0 bridgehead atoms. The summed E-state index contributed by atoms with van der Waals surface area (Å²) in [7, 11) is 0. The second kappa shape index (κ2) is 6.01. The van der Waals surface area contributed by atoms with Crippen LogP contribution in [0.2, 0.25) is 0 Å². The summed E-state index contributed by atoms with van der Waals surface area (Å²) < 4.78 is 13.0. The van der Waals surface area contributed by atoms with Gasteiger partial charge in [-0.1, -0.05) is 29.8 Å². The molecule has 3 nitrogen and oxygen atoms in total. The van der Waals surface area contributed by atoms with E-state index in [1.54, 1.807) is 31.2 Å². The van der Waals surface area contributed by atoms with E-state index in [0.717, 1.165) is 22.9 Å². The number of imide groups is 1.